The number of carbonyl (C=O) groups is 1. The molecule has 3 rings (SSSR count). The van der Waals surface area contributed by atoms with E-state index in [4.69, 9.17) is 16.3 Å². The van der Waals surface area contributed by atoms with E-state index in [0.717, 1.165) is 18.2 Å². The standard InChI is InChI=1S/C20H16ClFN2O4S/c1-28-19-5-3-2-4-18(19)23-20(25)13-6-8-14(9-7-13)24-29(26,27)15-10-11-17(22)16(21)12-15/h2-12,24H,1H3,(H,23,25). The zero-order chi connectivity index (χ0) is 21.0. The third kappa shape index (κ3) is 4.85. The highest BCUT2D eigenvalue weighted by Crippen LogP contribution is 2.25. The maximum absolute atomic E-state index is 13.2. The normalized spacial score (nSPS) is 11.0. The van der Waals surface area contributed by atoms with Gasteiger partial charge in [-0.3, -0.25) is 9.52 Å². The summed E-state index contributed by atoms with van der Waals surface area (Å²) < 4.78 is 45.6. The number of methoxy groups -OCH3 is 1. The van der Waals surface area contributed by atoms with E-state index in [0.29, 0.717) is 17.0 Å². The molecule has 9 heteroatoms. The van der Waals surface area contributed by atoms with Gasteiger partial charge in [-0.1, -0.05) is 23.7 Å². The van der Waals surface area contributed by atoms with E-state index in [1.807, 2.05) is 0 Å². The van der Waals surface area contributed by atoms with Crippen LogP contribution in [-0.2, 0) is 10.0 Å². The molecular weight excluding hydrogens is 419 g/mol. The number of ether oxygens (including phenoxy) is 1. The predicted octanol–water partition coefficient (Wildman–Crippen LogP) is 4.54. The van der Waals surface area contributed by atoms with E-state index in [9.17, 15) is 17.6 Å². The van der Waals surface area contributed by atoms with Crippen molar-refractivity contribution < 1.29 is 22.3 Å². The van der Waals surface area contributed by atoms with Crippen LogP contribution in [0.5, 0.6) is 5.75 Å². The summed E-state index contributed by atoms with van der Waals surface area (Å²) in [5.41, 5.74) is 1.07. The Morgan fingerprint density at radius 3 is 2.38 bits per heavy atom. The second-order valence-corrected chi connectivity index (χ2v) is 8.00. The summed E-state index contributed by atoms with van der Waals surface area (Å²) in [6.45, 7) is 0. The van der Waals surface area contributed by atoms with Crippen molar-refractivity contribution in [3.8, 4) is 5.75 Å². The van der Waals surface area contributed by atoms with Crippen LogP contribution in [0, 0.1) is 5.82 Å². The lowest BCUT2D eigenvalue weighted by molar-refractivity contribution is 0.102. The quantitative estimate of drug-likeness (QED) is 0.596. The first-order valence-corrected chi connectivity index (χ1v) is 10.2. The zero-order valence-corrected chi connectivity index (χ0v) is 16.7. The maximum atomic E-state index is 13.2. The van der Waals surface area contributed by atoms with Crippen LogP contribution in [-0.4, -0.2) is 21.4 Å². The topological polar surface area (TPSA) is 84.5 Å². The van der Waals surface area contributed by atoms with E-state index < -0.39 is 15.8 Å². The van der Waals surface area contributed by atoms with E-state index in [-0.39, 0.29) is 21.5 Å². The highest BCUT2D eigenvalue weighted by atomic mass is 35.5. The second kappa shape index (κ2) is 8.50. The Morgan fingerprint density at radius 2 is 1.72 bits per heavy atom. The van der Waals surface area contributed by atoms with Crippen LogP contribution in [0.25, 0.3) is 0 Å². The number of rotatable bonds is 6. The Balaban J connectivity index is 1.74. The number of benzene rings is 3. The number of amides is 1. The van der Waals surface area contributed by atoms with Gasteiger partial charge < -0.3 is 10.1 Å². The summed E-state index contributed by atoms with van der Waals surface area (Å²) in [4.78, 5) is 12.2. The van der Waals surface area contributed by atoms with Crippen LogP contribution in [0.3, 0.4) is 0 Å². The number of nitrogens with one attached hydrogen (secondary N) is 2. The van der Waals surface area contributed by atoms with Gasteiger partial charge in [-0.15, -0.1) is 0 Å². The van der Waals surface area contributed by atoms with Crippen molar-refractivity contribution in [3.63, 3.8) is 0 Å². The van der Waals surface area contributed by atoms with E-state index in [1.165, 1.54) is 31.4 Å². The number of halogens is 2. The van der Waals surface area contributed by atoms with E-state index >= 15 is 0 Å². The van der Waals surface area contributed by atoms with Crippen LogP contribution >= 0.6 is 11.6 Å². The number of hydrogen-bond donors (Lipinski definition) is 2. The summed E-state index contributed by atoms with van der Waals surface area (Å²) in [6, 6.07) is 15.9. The molecule has 0 fully saturated rings. The number of carbonyl (C=O) groups excluding carboxylic acids is 1. The van der Waals surface area contributed by atoms with Crippen LogP contribution in [0.4, 0.5) is 15.8 Å². The van der Waals surface area contributed by atoms with Gasteiger partial charge >= 0.3 is 0 Å². The molecule has 0 bridgehead atoms. The van der Waals surface area contributed by atoms with Gasteiger partial charge in [-0.25, -0.2) is 12.8 Å². The predicted molar refractivity (Wildman–Crippen MR) is 110 cm³/mol. The third-order valence-electron chi connectivity index (χ3n) is 3.96. The molecule has 0 aliphatic carbocycles. The number of hydrogen-bond acceptors (Lipinski definition) is 4. The number of anilines is 2. The van der Waals surface area contributed by atoms with Gasteiger partial charge in [0.2, 0.25) is 0 Å². The molecule has 3 aromatic rings. The van der Waals surface area contributed by atoms with E-state index in [1.54, 1.807) is 24.3 Å². The molecule has 0 spiro atoms. The fourth-order valence-electron chi connectivity index (χ4n) is 2.49. The Labute approximate surface area is 172 Å². The number of para-hydroxylation sites is 2. The van der Waals surface area contributed by atoms with Crippen LogP contribution < -0.4 is 14.8 Å². The largest absolute Gasteiger partial charge is 0.495 e. The van der Waals surface area contributed by atoms with Crippen molar-refractivity contribution in [3.05, 3.63) is 83.1 Å². The molecule has 0 unspecified atom stereocenters. The molecular formula is C20H16ClFN2O4S. The monoisotopic (exact) mass is 434 g/mol. The molecule has 29 heavy (non-hydrogen) atoms. The molecule has 0 saturated carbocycles. The second-order valence-electron chi connectivity index (χ2n) is 5.91. The van der Waals surface area contributed by atoms with Crippen molar-refractivity contribution in [1.29, 1.82) is 0 Å². The van der Waals surface area contributed by atoms with Crippen molar-refractivity contribution in [2.24, 2.45) is 0 Å². The SMILES string of the molecule is COc1ccccc1NC(=O)c1ccc(NS(=O)(=O)c2ccc(F)c(Cl)c2)cc1. The summed E-state index contributed by atoms with van der Waals surface area (Å²) >= 11 is 5.65. The Bertz CT molecular complexity index is 1150. The Morgan fingerprint density at radius 1 is 1.03 bits per heavy atom. The molecule has 150 valence electrons. The summed E-state index contributed by atoms with van der Waals surface area (Å²) in [5, 5.41) is 2.43. The van der Waals surface area contributed by atoms with Gasteiger partial charge in [-0.05, 0) is 54.6 Å². The average Bonchev–Trinajstić information content (AvgIpc) is 2.70. The van der Waals surface area contributed by atoms with Crippen LogP contribution in [0.1, 0.15) is 10.4 Å². The first-order valence-electron chi connectivity index (χ1n) is 8.32. The van der Waals surface area contributed by atoms with Gasteiger partial charge in [0.1, 0.15) is 11.6 Å². The highest BCUT2D eigenvalue weighted by Gasteiger charge is 2.16. The van der Waals surface area contributed by atoms with Crippen molar-refractivity contribution in [2.75, 3.05) is 17.1 Å². The molecule has 0 atom stereocenters. The Hall–Kier alpha value is -3.10. The lowest BCUT2D eigenvalue weighted by atomic mass is 10.2. The summed E-state index contributed by atoms with van der Waals surface area (Å²) in [5.74, 6) is -0.576. The van der Waals surface area contributed by atoms with Gasteiger partial charge in [0.05, 0.1) is 22.7 Å². The lowest BCUT2D eigenvalue weighted by Crippen LogP contribution is -2.14. The van der Waals surface area contributed by atoms with Crippen LogP contribution in [0.2, 0.25) is 5.02 Å². The molecule has 6 nitrogen and oxygen atoms in total. The summed E-state index contributed by atoms with van der Waals surface area (Å²) in [6.07, 6.45) is 0. The fourth-order valence-corrected chi connectivity index (χ4v) is 3.82. The molecule has 0 heterocycles. The first kappa shape index (κ1) is 20.6. The minimum absolute atomic E-state index is 0.179. The zero-order valence-electron chi connectivity index (χ0n) is 15.1. The lowest BCUT2D eigenvalue weighted by Gasteiger charge is -2.11. The molecule has 0 saturated heterocycles. The van der Waals surface area contributed by atoms with Gasteiger partial charge in [-0.2, -0.15) is 0 Å². The molecule has 1 amide bonds. The average molecular weight is 435 g/mol. The van der Waals surface area contributed by atoms with Crippen LogP contribution in [0.15, 0.2) is 71.6 Å². The van der Waals surface area contributed by atoms with Gasteiger partial charge in [0.15, 0.2) is 0 Å². The highest BCUT2D eigenvalue weighted by molar-refractivity contribution is 7.92. The fraction of sp³-hybridized carbons (Fsp3) is 0.0500. The molecule has 0 aliphatic heterocycles. The maximum Gasteiger partial charge on any atom is 0.261 e. The molecule has 0 aliphatic rings. The third-order valence-corrected chi connectivity index (χ3v) is 5.62. The first-order chi connectivity index (χ1) is 13.8. The van der Waals surface area contributed by atoms with Crippen molar-refractivity contribution in [2.45, 2.75) is 4.90 Å². The number of sulfonamides is 1. The van der Waals surface area contributed by atoms with E-state index in [2.05, 4.69) is 10.0 Å². The van der Waals surface area contributed by atoms with Crippen molar-refractivity contribution in [1.82, 2.24) is 0 Å². The Kier molecular flexibility index (Phi) is 6.05. The molecule has 0 radical (unpaired) electrons. The summed E-state index contributed by atoms with van der Waals surface area (Å²) in [7, 11) is -2.46. The molecule has 2 N–H and O–H groups in total. The van der Waals surface area contributed by atoms with Gasteiger partial charge in [0.25, 0.3) is 15.9 Å². The molecule has 3 aromatic carbocycles. The minimum Gasteiger partial charge on any atom is -0.495 e. The van der Waals surface area contributed by atoms with Crippen molar-refractivity contribution >= 4 is 38.9 Å². The van der Waals surface area contributed by atoms with Gasteiger partial charge in [0, 0.05) is 11.3 Å². The molecule has 0 aromatic heterocycles. The smallest absolute Gasteiger partial charge is 0.261 e. The minimum atomic E-state index is -3.96.